The van der Waals surface area contributed by atoms with Crippen molar-refractivity contribution in [1.82, 2.24) is 0 Å². The van der Waals surface area contributed by atoms with Crippen molar-refractivity contribution in [3.63, 3.8) is 0 Å². The maximum atomic E-state index is 13.1. The predicted molar refractivity (Wildman–Crippen MR) is 78.3 cm³/mol. The number of rotatable bonds is 2. The lowest BCUT2D eigenvalue weighted by Gasteiger charge is -2.11. The van der Waals surface area contributed by atoms with Crippen molar-refractivity contribution in [2.24, 2.45) is 0 Å². The van der Waals surface area contributed by atoms with E-state index in [0.29, 0.717) is 31.6 Å². The third-order valence-electron chi connectivity index (χ3n) is 2.25. The molecule has 0 spiro atoms. The lowest BCUT2D eigenvalue weighted by Crippen LogP contribution is -1.95. The third-order valence-corrected chi connectivity index (χ3v) is 3.46. The lowest BCUT2D eigenvalue weighted by atomic mass is 10.2. The van der Waals surface area contributed by atoms with Gasteiger partial charge in [-0.2, -0.15) is 0 Å². The Morgan fingerprint density at radius 1 is 1.11 bits per heavy atom. The summed E-state index contributed by atoms with van der Waals surface area (Å²) >= 11 is 15.2. The Labute approximate surface area is 122 Å². The summed E-state index contributed by atoms with van der Waals surface area (Å²) in [5.41, 5.74) is 7.29. The van der Waals surface area contributed by atoms with Gasteiger partial charge in [-0.3, -0.25) is 0 Å². The quantitative estimate of drug-likeness (QED) is 0.729. The highest BCUT2D eigenvalue weighted by Gasteiger charge is 2.08. The summed E-state index contributed by atoms with van der Waals surface area (Å²) in [5, 5.41) is 3.83. The summed E-state index contributed by atoms with van der Waals surface area (Å²) in [6.45, 7) is 0. The zero-order valence-corrected chi connectivity index (χ0v) is 12.1. The van der Waals surface area contributed by atoms with E-state index >= 15 is 0 Å². The normalized spacial score (nSPS) is 10.4. The van der Waals surface area contributed by atoms with Crippen molar-refractivity contribution in [3.8, 4) is 0 Å². The van der Waals surface area contributed by atoms with Gasteiger partial charge in [0.15, 0.2) is 0 Å². The number of nitrogens with two attached hydrogens (primary N) is 1. The first kappa shape index (κ1) is 13.5. The molecule has 6 heteroatoms. The molecule has 0 amide bonds. The standard InChI is InChI=1S/C12H8BrCl2FN2/c13-8-5-7(1-2-11(8)16)18-12-9(14)3-6(17)4-10(12)15/h1-5,18H,17H2. The second-order valence-corrected chi connectivity index (χ2v) is 5.28. The number of hydrogen-bond donors (Lipinski definition) is 2. The molecular weight excluding hydrogens is 342 g/mol. The van der Waals surface area contributed by atoms with E-state index in [4.69, 9.17) is 28.9 Å². The molecule has 0 bridgehead atoms. The molecule has 3 N–H and O–H groups in total. The van der Waals surface area contributed by atoms with E-state index in [1.54, 1.807) is 24.3 Å². The Bertz CT molecular complexity index is 582. The van der Waals surface area contributed by atoms with Gasteiger partial charge in [0.25, 0.3) is 0 Å². The minimum Gasteiger partial charge on any atom is -0.399 e. The highest BCUT2D eigenvalue weighted by Crippen LogP contribution is 2.35. The van der Waals surface area contributed by atoms with Crippen LogP contribution >= 0.6 is 39.1 Å². The van der Waals surface area contributed by atoms with E-state index in [1.807, 2.05) is 0 Å². The van der Waals surface area contributed by atoms with Crippen LogP contribution in [0.2, 0.25) is 10.0 Å². The van der Waals surface area contributed by atoms with Gasteiger partial charge >= 0.3 is 0 Å². The molecule has 2 aromatic carbocycles. The largest absolute Gasteiger partial charge is 0.399 e. The fourth-order valence-electron chi connectivity index (χ4n) is 1.43. The zero-order chi connectivity index (χ0) is 13.3. The first-order chi connectivity index (χ1) is 8.47. The molecule has 94 valence electrons. The molecule has 0 radical (unpaired) electrons. The average Bonchev–Trinajstić information content (AvgIpc) is 2.28. The molecule has 0 unspecified atom stereocenters. The molecule has 0 heterocycles. The molecule has 0 saturated carbocycles. The minimum absolute atomic E-state index is 0.338. The molecule has 0 aliphatic rings. The van der Waals surface area contributed by atoms with E-state index < -0.39 is 0 Å². The van der Waals surface area contributed by atoms with Gasteiger partial charge in [-0.25, -0.2) is 4.39 Å². The van der Waals surface area contributed by atoms with Crippen molar-refractivity contribution in [1.29, 1.82) is 0 Å². The van der Waals surface area contributed by atoms with Gasteiger partial charge in [0.05, 0.1) is 20.2 Å². The maximum Gasteiger partial charge on any atom is 0.137 e. The number of hydrogen-bond acceptors (Lipinski definition) is 2. The summed E-state index contributed by atoms with van der Waals surface area (Å²) in [4.78, 5) is 0. The Hall–Kier alpha value is -0.970. The van der Waals surface area contributed by atoms with Crippen LogP contribution in [-0.4, -0.2) is 0 Å². The Balaban J connectivity index is 2.37. The van der Waals surface area contributed by atoms with Crippen LogP contribution in [0, 0.1) is 5.82 Å². The molecule has 0 fully saturated rings. The van der Waals surface area contributed by atoms with Crippen molar-refractivity contribution >= 4 is 56.2 Å². The summed E-state index contributed by atoms with van der Waals surface area (Å²) < 4.78 is 13.5. The van der Waals surface area contributed by atoms with E-state index in [2.05, 4.69) is 21.2 Å². The Kier molecular flexibility index (Phi) is 4.00. The van der Waals surface area contributed by atoms with E-state index in [0.717, 1.165) is 0 Å². The van der Waals surface area contributed by atoms with E-state index in [9.17, 15) is 4.39 Å². The molecular formula is C12H8BrCl2FN2. The van der Waals surface area contributed by atoms with Gasteiger partial charge in [0.1, 0.15) is 5.82 Å². The number of nitrogens with one attached hydrogen (secondary N) is 1. The van der Waals surface area contributed by atoms with Crippen LogP contribution in [0.5, 0.6) is 0 Å². The van der Waals surface area contributed by atoms with Gasteiger partial charge in [0.2, 0.25) is 0 Å². The van der Waals surface area contributed by atoms with Crippen LogP contribution < -0.4 is 11.1 Å². The van der Waals surface area contributed by atoms with Gasteiger partial charge in [-0.1, -0.05) is 23.2 Å². The first-order valence-corrected chi connectivity index (χ1v) is 6.49. The minimum atomic E-state index is -0.338. The van der Waals surface area contributed by atoms with Gasteiger partial charge < -0.3 is 11.1 Å². The van der Waals surface area contributed by atoms with Crippen molar-refractivity contribution < 1.29 is 4.39 Å². The topological polar surface area (TPSA) is 38.0 Å². The molecule has 0 saturated heterocycles. The third kappa shape index (κ3) is 2.88. The molecule has 2 rings (SSSR count). The zero-order valence-electron chi connectivity index (χ0n) is 8.98. The van der Waals surface area contributed by atoms with Crippen LogP contribution in [0.15, 0.2) is 34.8 Å². The second-order valence-electron chi connectivity index (χ2n) is 3.61. The first-order valence-electron chi connectivity index (χ1n) is 4.94. The SMILES string of the molecule is Nc1cc(Cl)c(Nc2ccc(F)c(Br)c2)c(Cl)c1. The summed E-state index contributed by atoms with van der Waals surface area (Å²) in [6.07, 6.45) is 0. The second kappa shape index (κ2) is 5.34. The highest BCUT2D eigenvalue weighted by atomic mass is 79.9. The summed E-state index contributed by atoms with van der Waals surface area (Å²) in [6, 6.07) is 7.70. The number of anilines is 3. The highest BCUT2D eigenvalue weighted by molar-refractivity contribution is 9.10. The molecule has 0 atom stereocenters. The molecule has 0 aliphatic heterocycles. The van der Waals surface area contributed by atoms with E-state index in [1.165, 1.54) is 6.07 Å². The van der Waals surface area contributed by atoms with Crippen LogP contribution in [-0.2, 0) is 0 Å². The van der Waals surface area contributed by atoms with E-state index in [-0.39, 0.29) is 5.82 Å². The van der Waals surface area contributed by atoms with Crippen LogP contribution in [0.25, 0.3) is 0 Å². The number of halogens is 4. The Morgan fingerprint density at radius 3 is 2.28 bits per heavy atom. The molecule has 0 aromatic heterocycles. The number of nitrogen functional groups attached to an aromatic ring is 1. The van der Waals surface area contributed by atoms with Gasteiger partial charge in [-0.15, -0.1) is 0 Å². The number of benzene rings is 2. The monoisotopic (exact) mass is 348 g/mol. The van der Waals surface area contributed by atoms with Gasteiger partial charge in [0, 0.05) is 11.4 Å². The van der Waals surface area contributed by atoms with Crippen molar-refractivity contribution in [2.75, 3.05) is 11.1 Å². The molecule has 0 aliphatic carbocycles. The van der Waals surface area contributed by atoms with Crippen LogP contribution in [0.1, 0.15) is 0 Å². The molecule has 2 aromatic rings. The molecule has 18 heavy (non-hydrogen) atoms. The summed E-state index contributed by atoms with van der Waals surface area (Å²) in [5.74, 6) is -0.338. The average molecular weight is 350 g/mol. The molecule has 2 nitrogen and oxygen atoms in total. The Morgan fingerprint density at radius 2 is 1.72 bits per heavy atom. The van der Waals surface area contributed by atoms with Crippen LogP contribution in [0.4, 0.5) is 21.5 Å². The van der Waals surface area contributed by atoms with Crippen molar-refractivity contribution in [2.45, 2.75) is 0 Å². The fraction of sp³-hybridized carbons (Fsp3) is 0. The van der Waals surface area contributed by atoms with Crippen molar-refractivity contribution in [3.05, 3.63) is 50.7 Å². The predicted octanol–water partition coefficient (Wildman–Crippen LogP) is 5.22. The van der Waals surface area contributed by atoms with Gasteiger partial charge in [-0.05, 0) is 46.3 Å². The van der Waals surface area contributed by atoms with Crippen LogP contribution in [0.3, 0.4) is 0 Å². The maximum absolute atomic E-state index is 13.1. The smallest absolute Gasteiger partial charge is 0.137 e. The summed E-state index contributed by atoms with van der Waals surface area (Å²) in [7, 11) is 0. The lowest BCUT2D eigenvalue weighted by molar-refractivity contribution is 0.621. The fourth-order valence-corrected chi connectivity index (χ4v) is 2.41.